The molecule has 0 aliphatic carbocycles. The Balaban J connectivity index is 3.82. The normalized spacial score (nSPS) is 12.7. The van der Waals surface area contributed by atoms with Gasteiger partial charge in [-0.25, -0.2) is 0 Å². The van der Waals surface area contributed by atoms with E-state index >= 15 is 0 Å². The predicted molar refractivity (Wildman–Crippen MR) is 143 cm³/mol. The van der Waals surface area contributed by atoms with Crippen LogP contribution in [0.2, 0.25) is 0 Å². The molecule has 3 nitrogen and oxygen atoms in total. The van der Waals surface area contributed by atoms with Crippen LogP contribution in [0.25, 0.3) is 0 Å². The minimum atomic E-state index is -2.47. The molecule has 0 aromatic rings. The number of rotatable bonds is 24. The van der Waals surface area contributed by atoms with Gasteiger partial charge in [-0.2, -0.15) is 0 Å². The molecule has 0 aliphatic rings. The van der Waals surface area contributed by atoms with Crippen LogP contribution in [0.3, 0.4) is 0 Å². The average Bonchev–Trinajstić information content (AvgIpc) is 2.70. The van der Waals surface area contributed by atoms with Gasteiger partial charge >= 0.3 is 8.25 Å². The minimum absolute atomic E-state index is 0.370. The van der Waals surface area contributed by atoms with Gasteiger partial charge in [0.2, 0.25) is 0 Å². The van der Waals surface area contributed by atoms with Crippen LogP contribution in [0, 0.1) is 0 Å². The maximum absolute atomic E-state index is 12.5. The SMILES string of the molecule is CCCCCCCCCCCC(C)(C)O[PH](=O)OC(C)(C)CCCCCCCCCCC. The Labute approximate surface area is 203 Å². The summed E-state index contributed by atoms with van der Waals surface area (Å²) >= 11 is 0. The lowest BCUT2D eigenvalue weighted by Crippen LogP contribution is -2.25. The van der Waals surface area contributed by atoms with Crippen molar-refractivity contribution in [1.29, 1.82) is 0 Å². The molecule has 0 aliphatic heterocycles. The predicted octanol–water partition coefficient (Wildman–Crippen LogP) is 10.8. The minimum Gasteiger partial charge on any atom is -0.305 e. The molecule has 0 amide bonds. The van der Waals surface area contributed by atoms with E-state index in [1.54, 1.807) is 0 Å². The molecule has 0 saturated carbocycles. The standard InChI is InChI=1S/C28H59O3P/c1-7-9-11-13-15-17-19-21-23-25-27(3,4)30-32(29)31-28(5,6)26-24-22-20-18-16-14-12-10-8-2/h32H,7-26H2,1-6H3. The summed E-state index contributed by atoms with van der Waals surface area (Å²) in [6, 6.07) is 0. The summed E-state index contributed by atoms with van der Waals surface area (Å²) in [5, 5.41) is 0. The quantitative estimate of drug-likeness (QED) is 0.103. The molecule has 0 unspecified atom stereocenters. The molecule has 0 aromatic carbocycles. The molecule has 0 atom stereocenters. The second-order valence-electron chi connectivity index (χ2n) is 11.1. The largest absolute Gasteiger partial charge is 0.320 e. The highest BCUT2D eigenvalue weighted by atomic mass is 31.1. The lowest BCUT2D eigenvalue weighted by molar-refractivity contribution is 0.0350. The highest BCUT2D eigenvalue weighted by molar-refractivity contribution is 7.33. The monoisotopic (exact) mass is 474 g/mol. The van der Waals surface area contributed by atoms with Gasteiger partial charge in [0.25, 0.3) is 0 Å². The Bertz CT molecular complexity index is 396. The second kappa shape index (κ2) is 20.5. The first-order valence-electron chi connectivity index (χ1n) is 14.1. The molecule has 0 saturated heterocycles. The number of hydrogen-bond donors (Lipinski definition) is 0. The number of unbranched alkanes of at least 4 members (excludes halogenated alkanes) is 16. The van der Waals surface area contributed by atoms with E-state index in [9.17, 15) is 4.57 Å². The first kappa shape index (κ1) is 32.1. The maximum Gasteiger partial charge on any atom is 0.320 e. The van der Waals surface area contributed by atoms with Gasteiger partial charge in [0, 0.05) is 0 Å². The van der Waals surface area contributed by atoms with E-state index in [4.69, 9.17) is 9.05 Å². The van der Waals surface area contributed by atoms with Gasteiger partial charge in [-0.05, 0) is 40.5 Å². The van der Waals surface area contributed by atoms with Crippen molar-refractivity contribution < 1.29 is 13.6 Å². The van der Waals surface area contributed by atoms with Gasteiger partial charge in [0.05, 0.1) is 11.2 Å². The fourth-order valence-corrected chi connectivity index (χ4v) is 5.45. The van der Waals surface area contributed by atoms with Crippen molar-refractivity contribution in [2.24, 2.45) is 0 Å². The van der Waals surface area contributed by atoms with Crippen molar-refractivity contribution in [2.75, 3.05) is 0 Å². The van der Waals surface area contributed by atoms with E-state index in [2.05, 4.69) is 41.5 Å². The highest BCUT2D eigenvalue weighted by Crippen LogP contribution is 2.39. The molecule has 0 N–H and O–H groups in total. The van der Waals surface area contributed by atoms with Gasteiger partial charge in [-0.3, -0.25) is 4.57 Å². The Hall–Kier alpha value is 0.150. The van der Waals surface area contributed by atoms with Gasteiger partial charge in [0.15, 0.2) is 0 Å². The molecule has 0 bridgehead atoms. The molecule has 0 radical (unpaired) electrons. The zero-order valence-electron chi connectivity index (χ0n) is 22.9. The summed E-state index contributed by atoms with van der Waals surface area (Å²) in [7, 11) is -2.47. The van der Waals surface area contributed by atoms with Crippen molar-refractivity contribution in [2.45, 2.75) is 181 Å². The van der Waals surface area contributed by atoms with Gasteiger partial charge < -0.3 is 9.05 Å². The van der Waals surface area contributed by atoms with Gasteiger partial charge in [-0.1, -0.05) is 129 Å². The summed E-state index contributed by atoms with van der Waals surface area (Å²) in [6.07, 6.45) is 25.6. The Morgan fingerprint density at radius 3 is 1.00 bits per heavy atom. The molecule has 0 rings (SSSR count). The average molecular weight is 475 g/mol. The third-order valence-corrected chi connectivity index (χ3v) is 7.92. The van der Waals surface area contributed by atoms with Gasteiger partial charge in [-0.15, -0.1) is 0 Å². The topological polar surface area (TPSA) is 35.5 Å². The summed E-state index contributed by atoms with van der Waals surface area (Å²) in [4.78, 5) is 0. The first-order valence-corrected chi connectivity index (χ1v) is 15.4. The van der Waals surface area contributed by atoms with E-state index in [1.807, 2.05) is 0 Å². The summed E-state index contributed by atoms with van der Waals surface area (Å²) in [6.45, 7) is 12.7. The third-order valence-electron chi connectivity index (χ3n) is 6.48. The molecule has 0 aromatic heterocycles. The molecule has 194 valence electrons. The van der Waals surface area contributed by atoms with Crippen molar-refractivity contribution in [3.63, 3.8) is 0 Å². The van der Waals surface area contributed by atoms with E-state index in [-0.39, 0.29) is 11.2 Å². The smallest absolute Gasteiger partial charge is 0.305 e. The fourth-order valence-electron chi connectivity index (χ4n) is 4.30. The fraction of sp³-hybridized carbons (Fsp3) is 1.00. The zero-order chi connectivity index (χ0) is 24.1. The summed E-state index contributed by atoms with van der Waals surface area (Å²) < 4.78 is 24.3. The van der Waals surface area contributed by atoms with Crippen molar-refractivity contribution in [3.05, 3.63) is 0 Å². The van der Waals surface area contributed by atoms with Crippen LogP contribution in [0.4, 0.5) is 0 Å². The molecular weight excluding hydrogens is 415 g/mol. The molecule has 32 heavy (non-hydrogen) atoms. The summed E-state index contributed by atoms with van der Waals surface area (Å²) in [5.74, 6) is 0. The lowest BCUT2D eigenvalue weighted by atomic mass is 9.99. The molecule has 0 fully saturated rings. The van der Waals surface area contributed by atoms with Crippen LogP contribution >= 0.6 is 8.25 Å². The van der Waals surface area contributed by atoms with Crippen LogP contribution in [0.1, 0.15) is 170 Å². The van der Waals surface area contributed by atoms with Crippen LogP contribution in [-0.2, 0) is 13.6 Å². The van der Waals surface area contributed by atoms with E-state index in [0.29, 0.717) is 0 Å². The molecule has 4 heteroatoms. The zero-order valence-corrected chi connectivity index (χ0v) is 23.9. The number of hydrogen-bond acceptors (Lipinski definition) is 3. The van der Waals surface area contributed by atoms with Crippen molar-refractivity contribution >= 4 is 8.25 Å². The van der Waals surface area contributed by atoms with Crippen LogP contribution in [0.15, 0.2) is 0 Å². The Morgan fingerprint density at radius 2 is 0.719 bits per heavy atom. The van der Waals surface area contributed by atoms with E-state index in [0.717, 1.165) is 25.7 Å². The van der Waals surface area contributed by atoms with E-state index in [1.165, 1.54) is 103 Å². The van der Waals surface area contributed by atoms with Crippen LogP contribution in [0.5, 0.6) is 0 Å². The van der Waals surface area contributed by atoms with E-state index < -0.39 is 8.25 Å². The molecule has 0 spiro atoms. The van der Waals surface area contributed by atoms with Crippen molar-refractivity contribution in [3.8, 4) is 0 Å². The Kier molecular flexibility index (Phi) is 20.6. The van der Waals surface area contributed by atoms with Gasteiger partial charge in [0.1, 0.15) is 0 Å². The van der Waals surface area contributed by atoms with Crippen LogP contribution < -0.4 is 0 Å². The Morgan fingerprint density at radius 1 is 0.469 bits per heavy atom. The highest BCUT2D eigenvalue weighted by Gasteiger charge is 2.26. The molecule has 0 heterocycles. The first-order chi connectivity index (χ1) is 15.2. The van der Waals surface area contributed by atoms with Crippen LogP contribution in [-0.4, -0.2) is 11.2 Å². The second-order valence-corrected chi connectivity index (χ2v) is 12.0. The third kappa shape index (κ3) is 22.0. The molecular formula is C28H59O3P. The lowest BCUT2D eigenvalue weighted by Gasteiger charge is -2.29. The summed E-state index contributed by atoms with van der Waals surface area (Å²) in [5.41, 5.74) is -0.740. The maximum atomic E-state index is 12.5. The van der Waals surface area contributed by atoms with Crippen molar-refractivity contribution in [1.82, 2.24) is 0 Å².